The van der Waals surface area contributed by atoms with Gasteiger partial charge in [0.2, 0.25) is 5.45 Å². The summed E-state index contributed by atoms with van der Waals surface area (Å²) in [5.74, 6) is 0. The summed E-state index contributed by atoms with van der Waals surface area (Å²) in [7, 11) is -3.74. The summed E-state index contributed by atoms with van der Waals surface area (Å²) in [6.45, 7) is 0.610. The lowest BCUT2D eigenvalue weighted by molar-refractivity contribution is 0.349. The fourth-order valence-corrected chi connectivity index (χ4v) is 1.67. The highest BCUT2D eigenvalue weighted by atomic mass is 31.2. The molecule has 0 saturated heterocycles. The van der Waals surface area contributed by atoms with E-state index in [-0.39, 0.29) is 5.45 Å². The van der Waals surface area contributed by atoms with Crippen molar-refractivity contribution in [1.82, 2.24) is 0 Å². The molecule has 0 aromatic carbocycles. The van der Waals surface area contributed by atoms with Gasteiger partial charge in [-0.3, -0.25) is 0 Å². The van der Waals surface area contributed by atoms with E-state index in [1.807, 2.05) is 0 Å². The van der Waals surface area contributed by atoms with Crippen LogP contribution in [-0.4, -0.2) is 26.7 Å². The average Bonchev–Trinajstić information content (AvgIpc) is 1.88. The highest BCUT2D eigenvalue weighted by Gasteiger charge is 2.39. The zero-order chi connectivity index (χ0) is 7.61. The van der Waals surface area contributed by atoms with Crippen LogP contribution in [0.15, 0.2) is 4.99 Å². The first-order valence-electron chi connectivity index (χ1n) is 3.22. The summed E-state index contributed by atoms with van der Waals surface area (Å²) in [5.41, 5.74) is 0.193. The van der Waals surface area contributed by atoms with Gasteiger partial charge in [0.1, 0.15) is 0 Å². The summed E-state index contributed by atoms with van der Waals surface area (Å²) in [4.78, 5) is 30.0. The van der Waals surface area contributed by atoms with Crippen LogP contribution in [0.3, 0.4) is 0 Å². The number of hydrogen-bond acceptors (Lipinski definition) is 4. The molecule has 0 fully saturated rings. The molecular formula is C5H11NO3P+. The first kappa shape index (κ1) is 8.08. The minimum absolute atomic E-state index is 0.193. The average molecular weight is 164 g/mol. The van der Waals surface area contributed by atoms with E-state index in [0.717, 1.165) is 12.8 Å². The van der Waals surface area contributed by atoms with Crippen LogP contribution in [0.4, 0.5) is 0 Å². The number of aliphatic imine (C=N–C) groups is 1. The largest absolute Gasteiger partial charge is 0.455 e. The zero-order valence-electron chi connectivity index (χ0n) is 5.56. The second-order valence-electron chi connectivity index (χ2n) is 2.32. The van der Waals surface area contributed by atoms with Gasteiger partial charge < -0.3 is 0 Å². The van der Waals surface area contributed by atoms with Crippen molar-refractivity contribution < 1.29 is 14.7 Å². The van der Waals surface area contributed by atoms with E-state index in [4.69, 9.17) is 14.7 Å². The van der Waals surface area contributed by atoms with Gasteiger partial charge in [-0.15, -0.1) is 0 Å². The SMILES string of the molecule is O[P+](O)(O)C1=NCCCC1. The van der Waals surface area contributed by atoms with Crippen molar-refractivity contribution in [2.45, 2.75) is 19.3 Å². The molecule has 0 saturated carbocycles. The van der Waals surface area contributed by atoms with Gasteiger partial charge in [-0.25, -0.2) is 4.99 Å². The van der Waals surface area contributed by atoms with Gasteiger partial charge in [0, 0.05) is 13.0 Å². The Morgan fingerprint density at radius 3 is 2.20 bits per heavy atom. The van der Waals surface area contributed by atoms with Crippen molar-refractivity contribution in [3.63, 3.8) is 0 Å². The van der Waals surface area contributed by atoms with Crippen LogP contribution in [0.5, 0.6) is 0 Å². The molecule has 0 radical (unpaired) electrons. The molecular weight excluding hydrogens is 153 g/mol. The molecule has 10 heavy (non-hydrogen) atoms. The van der Waals surface area contributed by atoms with Gasteiger partial charge in [0.15, 0.2) is 0 Å². The predicted molar refractivity (Wildman–Crippen MR) is 39.7 cm³/mol. The second-order valence-corrected chi connectivity index (χ2v) is 3.98. The highest BCUT2D eigenvalue weighted by molar-refractivity contribution is 7.76. The molecule has 0 amide bonds. The van der Waals surface area contributed by atoms with Gasteiger partial charge in [-0.2, -0.15) is 14.7 Å². The van der Waals surface area contributed by atoms with E-state index in [1.54, 1.807) is 0 Å². The Kier molecular flexibility index (Phi) is 2.36. The smallest absolute Gasteiger partial charge is 0.249 e. The Bertz CT molecular complexity index is 151. The Hall–Kier alpha value is -0.0200. The second kappa shape index (κ2) is 2.93. The van der Waals surface area contributed by atoms with Crippen LogP contribution in [0.2, 0.25) is 0 Å². The van der Waals surface area contributed by atoms with Crippen LogP contribution in [0.1, 0.15) is 19.3 Å². The lowest BCUT2D eigenvalue weighted by atomic mass is 10.2. The molecule has 1 aliphatic heterocycles. The maximum Gasteiger partial charge on any atom is 0.455 e. The lowest BCUT2D eigenvalue weighted by Crippen LogP contribution is -2.10. The maximum absolute atomic E-state index is 8.73. The van der Waals surface area contributed by atoms with Crippen LogP contribution in [0.25, 0.3) is 0 Å². The standard InChI is InChI=1S/C5H11NO3P/c7-10(8,9)5-3-1-2-4-6-5/h7-9H,1-4H2/q+1. The van der Waals surface area contributed by atoms with Gasteiger partial charge in [0.25, 0.3) is 0 Å². The third-order valence-corrected chi connectivity index (χ3v) is 2.51. The third kappa shape index (κ3) is 1.99. The number of hydrogen-bond donors (Lipinski definition) is 3. The summed E-state index contributed by atoms with van der Waals surface area (Å²) in [6, 6.07) is 0. The molecule has 4 nitrogen and oxygen atoms in total. The van der Waals surface area contributed by atoms with Gasteiger partial charge >= 0.3 is 7.94 Å². The van der Waals surface area contributed by atoms with E-state index in [1.165, 1.54) is 0 Å². The zero-order valence-corrected chi connectivity index (χ0v) is 6.46. The summed E-state index contributed by atoms with van der Waals surface area (Å²) >= 11 is 0. The van der Waals surface area contributed by atoms with E-state index in [9.17, 15) is 0 Å². The number of nitrogens with zero attached hydrogens (tertiary/aromatic N) is 1. The Balaban J connectivity index is 2.62. The molecule has 58 valence electrons. The van der Waals surface area contributed by atoms with Gasteiger partial charge in [0.05, 0.1) is 0 Å². The van der Waals surface area contributed by atoms with Crippen molar-refractivity contribution >= 4 is 13.4 Å². The predicted octanol–water partition coefficient (Wildman–Crippen LogP) is 0.308. The van der Waals surface area contributed by atoms with Crippen LogP contribution in [0, 0.1) is 0 Å². The van der Waals surface area contributed by atoms with E-state index in [2.05, 4.69) is 4.99 Å². The Labute approximate surface area is 59.8 Å². The molecule has 0 atom stereocenters. The van der Waals surface area contributed by atoms with Crippen LogP contribution >= 0.6 is 7.94 Å². The van der Waals surface area contributed by atoms with Crippen molar-refractivity contribution in [2.75, 3.05) is 6.54 Å². The molecule has 0 bridgehead atoms. The molecule has 1 rings (SSSR count). The molecule has 1 aliphatic rings. The molecule has 1 heterocycles. The van der Waals surface area contributed by atoms with Crippen molar-refractivity contribution in [3.05, 3.63) is 0 Å². The first-order valence-corrected chi connectivity index (χ1v) is 4.86. The molecule has 0 aliphatic carbocycles. The minimum Gasteiger partial charge on any atom is -0.249 e. The molecule has 5 heteroatoms. The van der Waals surface area contributed by atoms with E-state index in [0.29, 0.717) is 13.0 Å². The normalized spacial score (nSPS) is 20.5. The summed E-state index contributed by atoms with van der Waals surface area (Å²) < 4.78 is 0. The maximum atomic E-state index is 8.73. The fraction of sp³-hybridized carbons (Fsp3) is 0.800. The molecule has 0 unspecified atom stereocenters. The summed E-state index contributed by atoms with van der Waals surface area (Å²) in [5, 5.41) is 0. The van der Waals surface area contributed by atoms with Crippen molar-refractivity contribution in [1.29, 1.82) is 0 Å². The van der Waals surface area contributed by atoms with Gasteiger partial charge in [-0.05, 0) is 12.8 Å². The van der Waals surface area contributed by atoms with Crippen LogP contribution in [-0.2, 0) is 0 Å². The lowest BCUT2D eigenvalue weighted by Gasteiger charge is -2.10. The van der Waals surface area contributed by atoms with E-state index >= 15 is 0 Å². The highest BCUT2D eigenvalue weighted by Crippen LogP contribution is 2.48. The monoisotopic (exact) mass is 164 g/mol. The molecule has 3 N–H and O–H groups in total. The number of rotatable bonds is 1. The van der Waals surface area contributed by atoms with E-state index < -0.39 is 7.94 Å². The van der Waals surface area contributed by atoms with Crippen molar-refractivity contribution in [2.24, 2.45) is 4.99 Å². The topological polar surface area (TPSA) is 73.0 Å². The summed E-state index contributed by atoms with van der Waals surface area (Å²) in [6.07, 6.45) is 2.39. The van der Waals surface area contributed by atoms with Crippen LogP contribution < -0.4 is 0 Å². The quantitative estimate of drug-likeness (QED) is 0.488. The Morgan fingerprint density at radius 2 is 1.90 bits per heavy atom. The molecule has 0 aromatic heterocycles. The fourth-order valence-electron chi connectivity index (χ4n) is 0.927. The Morgan fingerprint density at radius 1 is 1.20 bits per heavy atom. The first-order chi connectivity index (χ1) is 4.61. The van der Waals surface area contributed by atoms with Crippen molar-refractivity contribution in [3.8, 4) is 0 Å². The molecule has 0 aromatic rings. The third-order valence-electron chi connectivity index (χ3n) is 1.45. The van der Waals surface area contributed by atoms with Gasteiger partial charge in [-0.1, -0.05) is 0 Å². The minimum atomic E-state index is -3.74. The molecule has 0 spiro atoms.